The van der Waals surface area contributed by atoms with Gasteiger partial charge in [0, 0.05) is 24.7 Å². The largest absolute Gasteiger partial charge is 0.484 e. The van der Waals surface area contributed by atoms with Gasteiger partial charge in [0.15, 0.2) is 6.61 Å². The molecule has 1 N–H and O–H groups in total. The van der Waals surface area contributed by atoms with Crippen LogP contribution in [0, 0.1) is 0 Å². The number of hydrogen-bond donors (Lipinski definition) is 1. The lowest BCUT2D eigenvalue weighted by Gasteiger charge is -2.35. The van der Waals surface area contributed by atoms with Crippen LogP contribution in [0.1, 0.15) is 22.7 Å². The molecule has 29 heavy (non-hydrogen) atoms. The molecular formula is C23H23ClN2O2S. The van der Waals surface area contributed by atoms with Crippen LogP contribution in [-0.4, -0.2) is 30.5 Å². The molecule has 1 aromatic heterocycles. The van der Waals surface area contributed by atoms with Crippen molar-refractivity contribution in [2.45, 2.75) is 19.0 Å². The van der Waals surface area contributed by atoms with Crippen molar-refractivity contribution >= 4 is 28.8 Å². The van der Waals surface area contributed by atoms with Gasteiger partial charge in [-0.3, -0.25) is 9.69 Å². The molecule has 1 aliphatic rings. The third kappa shape index (κ3) is 5.18. The molecule has 1 aliphatic heterocycles. The highest BCUT2D eigenvalue weighted by Gasteiger charge is 2.25. The second-order valence-electron chi connectivity index (χ2n) is 7.11. The monoisotopic (exact) mass is 426 g/mol. The van der Waals surface area contributed by atoms with E-state index in [-0.39, 0.29) is 18.6 Å². The molecule has 1 amide bonds. The van der Waals surface area contributed by atoms with Gasteiger partial charge in [-0.05, 0) is 64.2 Å². The van der Waals surface area contributed by atoms with Gasteiger partial charge in [-0.1, -0.05) is 35.9 Å². The van der Waals surface area contributed by atoms with Gasteiger partial charge in [0.1, 0.15) is 5.75 Å². The van der Waals surface area contributed by atoms with Crippen LogP contribution in [-0.2, 0) is 17.8 Å². The van der Waals surface area contributed by atoms with Gasteiger partial charge >= 0.3 is 0 Å². The number of nitrogens with one attached hydrogen (secondary N) is 1. The van der Waals surface area contributed by atoms with Crippen molar-refractivity contribution in [1.29, 1.82) is 0 Å². The molecule has 150 valence electrons. The number of amides is 1. The van der Waals surface area contributed by atoms with Crippen molar-refractivity contribution in [1.82, 2.24) is 10.2 Å². The molecule has 6 heteroatoms. The first-order valence-corrected chi connectivity index (χ1v) is 11.0. The molecule has 0 bridgehead atoms. The van der Waals surface area contributed by atoms with Crippen molar-refractivity contribution in [3.05, 3.63) is 87.1 Å². The molecule has 0 radical (unpaired) electrons. The number of rotatable bonds is 7. The van der Waals surface area contributed by atoms with Gasteiger partial charge in [-0.2, -0.15) is 11.3 Å². The number of thiophene rings is 1. The Labute approximate surface area is 180 Å². The number of carbonyl (C=O) groups excluding carboxylic acids is 1. The van der Waals surface area contributed by atoms with Crippen LogP contribution in [0.4, 0.5) is 0 Å². The predicted octanol–water partition coefficient (Wildman–Crippen LogP) is 4.70. The van der Waals surface area contributed by atoms with E-state index in [0.717, 1.165) is 19.5 Å². The zero-order chi connectivity index (χ0) is 20.1. The molecular weight excluding hydrogens is 404 g/mol. The molecule has 0 saturated carbocycles. The maximum atomic E-state index is 12.4. The average molecular weight is 427 g/mol. The lowest BCUT2D eigenvalue weighted by atomic mass is 9.97. The van der Waals surface area contributed by atoms with E-state index >= 15 is 0 Å². The fraction of sp³-hybridized carbons (Fsp3) is 0.261. The van der Waals surface area contributed by atoms with Crippen molar-refractivity contribution in [2.24, 2.45) is 0 Å². The summed E-state index contributed by atoms with van der Waals surface area (Å²) in [5.41, 5.74) is 4.04. The first-order chi connectivity index (χ1) is 14.2. The molecule has 0 unspecified atom stereocenters. The molecule has 2 aromatic carbocycles. The Morgan fingerprint density at radius 2 is 1.93 bits per heavy atom. The summed E-state index contributed by atoms with van der Waals surface area (Å²) < 4.78 is 5.56. The van der Waals surface area contributed by atoms with Crippen LogP contribution in [0.2, 0.25) is 5.02 Å². The van der Waals surface area contributed by atoms with E-state index in [0.29, 0.717) is 17.3 Å². The van der Waals surface area contributed by atoms with Crippen LogP contribution >= 0.6 is 22.9 Å². The maximum Gasteiger partial charge on any atom is 0.258 e. The van der Waals surface area contributed by atoms with E-state index in [1.54, 1.807) is 35.6 Å². The van der Waals surface area contributed by atoms with E-state index in [2.05, 4.69) is 51.3 Å². The summed E-state index contributed by atoms with van der Waals surface area (Å²) in [5, 5.41) is 7.95. The normalized spacial score (nSPS) is 14.8. The second kappa shape index (κ2) is 9.44. The predicted molar refractivity (Wildman–Crippen MR) is 118 cm³/mol. The Kier molecular flexibility index (Phi) is 6.49. The zero-order valence-corrected chi connectivity index (χ0v) is 17.6. The summed E-state index contributed by atoms with van der Waals surface area (Å²) in [7, 11) is 0. The molecule has 0 saturated heterocycles. The van der Waals surface area contributed by atoms with Gasteiger partial charge in [-0.25, -0.2) is 0 Å². The number of nitrogens with zero attached hydrogens (tertiary/aromatic N) is 1. The highest BCUT2D eigenvalue weighted by Crippen LogP contribution is 2.28. The average Bonchev–Trinajstić information content (AvgIpc) is 3.28. The number of ether oxygens (including phenoxy) is 1. The third-order valence-corrected chi connectivity index (χ3v) is 6.16. The number of fused-ring (bicyclic) bond motifs is 1. The Hall–Kier alpha value is -2.34. The molecule has 0 aliphatic carbocycles. The number of benzene rings is 2. The zero-order valence-electron chi connectivity index (χ0n) is 16.0. The SMILES string of the molecule is O=C(COc1ccc(Cl)cc1)NC[C@@H](c1ccsc1)N1CCc2ccccc2C1. The lowest BCUT2D eigenvalue weighted by molar-refractivity contribution is -0.123. The molecule has 4 nitrogen and oxygen atoms in total. The smallest absolute Gasteiger partial charge is 0.258 e. The Morgan fingerprint density at radius 1 is 1.14 bits per heavy atom. The maximum absolute atomic E-state index is 12.4. The van der Waals surface area contributed by atoms with E-state index in [9.17, 15) is 4.79 Å². The molecule has 2 heterocycles. The standard InChI is InChI=1S/C23H23ClN2O2S/c24-20-5-7-21(8-6-20)28-15-23(27)25-13-22(19-10-12-29-16-19)26-11-9-17-3-1-2-4-18(17)14-26/h1-8,10,12,16,22H,9,11,13-15H2,(H,25,27)/t22-/m0/s1. The van der Waals surface area contributed by atoms with Gasteiger partial charge < -0.3 is 10.1 Å². The fourth-order valence-corrected chi connectivity index (χ4v) is 4.48. The van der Waals surface area contributed by atoms with E-state index in [1.807, 2.05) is 0 Å². The highest BCUT2D eigenvalue weighted by molar-refractivity contribution is 7.08. The molecule has 3 aromatic rings. The van der Waals surface area contributed by atoms with Gasteiger partial charge in [0.25, 0.3) is 5.91 Å². The number of halogens is 1. The highest BCUT2D eigenvalue weighted by atomic mass is 35.5. The fourth-order valence-electron chi connectivity index (χ4n) is 3.65. The topological polar surface area (TPSA) is 41.6 Å². The summed E-state index contributed by atoms with van der Waals surface area (Å²) in [6.45, 7) is 2.42. The van der Waals surface area contributed by atoms with Crippen molar-refractivity contribution in [3.63, 3.8) is 0 Å². The van der Waals surface area contributed by atoms with Crippen LogP contribution in [0.3, 0.4) is 0 Å². The summed E-state index contributed by atoms with van der Waals surface area (Å²) >= 11 is 7.56. The minimum Gasteiger partial charge on any atom is -0.484 e. The lowest BCUT2D eigenvalue weighted by Crippen LogP contribution is -2.41. The minimum atomic E-state index is -0.127. The van der Waals surface area contributed by atoms with Crippen molar-refractivity contribution < 1.29 is 9.53 Å². The first-order valence-electron chi connectivity index (χ1n) is 9.67. The van der Waals surface area contributed by atoms with Crippen LogP contribution in [0.25, 0.3) is 0 Å². The summed E-state index contributed by atoms with van der Waals surface area (Å²) in [6.07, 6.45) is 1.03. The summed E-state index contributed by atoms with van der Waals surface area (Å²) in [4.78, 5) is 14.8. The Balaban J connectivity index is 1.37. The van der Waals surface area contributed by atoms with Crippen molar-refractivity contribution in [3.8, 4) is 5.75 Å². The van der Waals surface area contributed by atoms with Gasteiger partial charge in [0.2, 0.25) is 0 Å². The summed E-state index contributed by atoms with van der Waals surface area (Å²) in [6, 6.07) is 17.9. The van der Waals surface area contributed by atoms with E-state index in [1.165, 1.54) is 16.7 Å². The molecule has 0 fully saturated rings. The number of hydrogen-bond acceptors (Lipinski definition) is 4. The molecule has 1 atom stereocenters. The second-order valence-corrected chi connectivity index (χ2v) is 8.32. The Bertz CT molecular complexity index is 944. The first kappa shape index (κ1) is 20.0. The Morgan fingerprint density at radius 3 is 2.69 bits per heavy atom. The number of carbonyl (C=O) groups is 1. The third-order valence-electron chi connectivity index (χ3n) is 5.21. The van der Waals surface area contributed by atoms with Crippen LogP contribution < -0.4 is 10.1 Å². The van der Waals surface area contributed by atoms with Gasteiger partial charge in [0.05, 0.1) is 6.04 Å². The van der Waals surface area contributed by atoms with E-state index in [4.69, 9.17) is 16.3 Å². The van der Waals surface area contributed by atoms with Crippen LogP contribution in [0.5, 0.6) is 5.75 Å². The van der Waals surface area contributed by atoms with Crippen LogP contribution in [0.15, 0.2) is 65.4 Å². The quantitative estimate of drug-likeness (QED) is 0.595. The molecule has 0 spiro atoms. The van der Waals surface area contributed by atoms with Crippen molar-refractivity contribution in [2.75, 3.05) is 19.7 Å². The van der Waals surface area contributed by atoms with Gasteiger partial charge in [-0.15, -0.1) is 0 Å². The summed E-state index contributed by atoms with van der Waals surface area (Å²) in [5.74, 6) is 0.504. The molecule has 4 rings (SSSR count). The minimum absolute atomic E-state index is 0.0131. The van der Waals surface area contributed by atoms with E-state index < -0.39 is 0 Å².